The number of hydrazone groups is 1. The number of benzene rings is 2. The van der Waals surface area contributed by atoms with E-state index in [-0.39, 0.29) is 4.90 Å². The molecule has 0 spiro atoms. The van der Waals surface area contributed by atoms with Crippen molar-refractivity contribution < 1.29 is 8.42 Å². The zero-order chi connectivity index (χ0) is 16.0. The van der Waals surface area contributed by atoms with E-state index in [4.69, 9.17) is 5.14 Å². The summed E-state index contributed by atoms with van der Waals surface area (Å²) in [5.41, 5.74) is 5.60. The van der Waals surface area contributed by atoms with Gasteiger partial charge in [-0.2, -0.15) is 5.10 Å². The molecule has 2 aromatic rings. The van der Waals surface area contributed by atoms with Crippen LogP contribution >= 0.6 is 0 Å². The van der Waals surface area contributed by atoms with Crippen molar-refractivity contribution >= 4 is 28.0 Å². The van der Waals surface area contributed by atoms with Gasteiger partial charge in [0.25, 0.3) is 0 Å². The Balaban J connectivity index is 1.99. The number of nitrogens with zero attached hydrogens (tertiary/aromatic N) is 1. The second-order valence-corrected chi connectivity index (χ2v) is 6.30. The van der Waals surface area contributed by atoms with Crippen LogP contribution in [0.5, 0.6) is 0 Å². The third kappa shape index (κ3) is 4.83. The summed E-state index contributed by atoms with van der Waals surface area (Å²) in [5.74, 6) is 0. The molecule has 0 unspecified atom stereocenters. The van der Waals surface area contributed by atoms with Gasteiger partial charge in [-0.15, -0.1) is 0 Å². The molecule has 6 heteroatoms. The van der Waals surface area contributed by atoms with Gasteiger partial charge in [0.2, 0.25) is 10.0 Å². The van der Waals surface area contributed by atoms with Crippen LogP contribution in [0.4, 0.5) is 5.69 Å². The van der Waals surface area contributed by atoms with E-state index in [1.54, 1.807) is 18.3 Å². The topological polar surface area (TPSA) is 84.5 Å². The molecule has 0 aromatic heterocycles. The molecule has 0 saturated heterocycles. The SMILES string of the molecule is CC(/C=N/Nc1ccc(S(N)(=O)=O)cc1)=C\c1ccccc1. The van der Waals surface area contributed by atoms with E-state index in [9.17, 15) is 8.42 Å². The van der Waals surface area contributed by atoms with Gasteiger partial charge in [0.05, 0.1) is 16.8 Å². The van der Waals surface area contributed by atoms with Gasteiger partial charge in [0.1, 0.15) is 0 Å². The molecular weight excluding hydrogens is 298 g/mol. The average molecular weight is 315 g/mol. The monoisotopic (exact) mass is 315 g/mol. The summed E-state index contributed by atoms with van der Waals surface area (Å²) in [7, 11) is -3.66. The first kappa shape index (κ1) is 15.9. The fourth-order valence-corrected chi connectivity index (χ4v) is 2.29. The van der Waals surface area contributed by atoms with Gasteiger partial charge in [0.15, 0.2) is 0 Å². The number of nitrogens with one attached hydrogen (secondary N) is 1. The Bertz CT molecular complexity index is 780. The van der Waals surface area contributed by atoms with Crippen LogP contribution in [-0.4, -0.2) is 14.6 Å². The van der Waals surface area contributed by atoms with Crippen molar-refractivity contribution in [1.29, 1.82) is 0 Å². The first-order valence-electron chi connectivity index (χ1n) is 6.60. The summed E-state index contributed by atoms with van der Waals surface area (Å²) in [6.07, 6.45) is 3.70. The maximum absolute atomic E-state index is 11.1. The maximum atomic E-state index is 11.1. The van der Waals surface area contributed by atoms with Crippen LogP contribution in [0, 0.1) is 0 Å². The van der Waals surface area contributed by atoms with E-state index in [1.165, 1.54) is 12.1 Å². The van der Waals surface area contributed by atoms with E-state index in [0.29, 0.717) is 5.69 Å². The van der Waals surface area contributed by atoms with E-state index in [0.717, 1.165) is 11.1 Å². The molecule has 0 fully saturated rings. The van der Waals surface area contributed by atoms with Crippen LogP contribution in [0.25, 0.3) is 6.08 Å². The summed E-state index contributed by atoms with van der Waals surface area (Å²) < 4.78 is 22.3. The van der Waals surface area contributed by atoms with Crippen molar-refractivity contribution in [2.24, 2.45) is 10.2 Å². The molecule has 5 nitrogen and oxygen atoms in total. The van der Waals surface area contributed by atoms with E-state index >= 15 is 0 Å². The van der Waals surface area contributed by atoms with E-state index < -0.39 is 10.0 Å². The number of hydrogen-bond acceptors (Lipinski definition) is 4. The number of rotatable bonds is 5. The van der Waals surface area contributed by atoms with Crippen molar-refractivity contribution in [3.8, 4) is 0 Å². The second-order valence-electron chi connectivity index (χ2n) is 4.74. The predicted octanol–water partition coefficient (Wildman–Crippen LogP) is 2.84. The Hall–Kier alpha value is -2.44. The Morgan fingerprint density at radius 1 is 1.09 bits per heavy atom. The van der Waals surface area contributed by atoms with Crippen molar-refractivity contribution in [2.45, 2.75) is 11.8 Å². The Kier molecular flexibility index (Phi) is 5.08. The second kappa shape index (κ2) is 7.02. The molecule has 0 amide bonds. The highest BCUT2D eigenvalue weighted by molar-refractivity contribution is 7.89. The van der Waals surface area contributed by atoms with Gasteiger partial charge in [-0.1, -0.05) is 36.4 Å². The summed E-state index contributed by atoms with van der Waals surface area (Å²) in [5, 5.41) is 9.14. The van der Waals surface area contributed by atoms with Gasteiger partial charge in [-0.3, -0.25) is 5.43 Å². The van der Waals surface area contributed by atoms with Crippen LogP contribution in [0.15, 0.2) is 70.2 Å². The fourth-order valence-electron chi connectivity index (χ4n) is 1.78. The number of hydrogen-bond donors (Lipinski definition) is 2. The highest BCUT2D eigenvalue weighted by Gasteiger charge is 2.05. The van der Waals surface area contributed by atoms with Crippen LogP contribution in [0.1, 0.15) is 12.5 Å². The minimum Gasteiger partial charge on any atom is -0.279 e. The Morgan fingerprint density at radius 2 is 1.73 bits per heavy atom. The fraction of sp³-hybridized carbons (Fsp3) is 0.0625. The third-order valence-corrected chi connectivity index (χ3v) is 3.77. The molecule has 0 radical (unpaired) electrons. The van der Waals surface area contributed by atoms with Gasteiger partial charge in [0, 0.05) is 0 Å². The zero-order valence-electron chi connectivity index (χ0n) is 12.1. The maximum Gasteiger partial charge on any atom is 0.238 e. The molecule has 114 valence electrons. The van der Waals surface area contributed by atoms with Gasteiger partial charge < -0.3 is 0 Å². The summed E-state index contributed by atoms with van der Waals surface area (Å²) >= 11 is 0. The smallest absolute Gasteiger partial charge is 0.238 e. The molecule has 2 aromatic carbocycles. The average Bonchev–Trinajstić information content (AvgIpc) is 2.48. The van der Waals surface area contributed by atoms with Crippen LogP contribution in [-0.2, 0) is 10.0 Å². The molecule has 3 N–H and O–H groups in total. The number of nitrogens with two attached hydrogens (primary N) is 1. The lowest BCUT2D eigenvalue weighted by molar-refractivity contribution is 0.598. The molecule has 0 aliphatic carbocycles. The molecule has 0 bridgehead atoms. The molecule has 22 heavy (non-hydrogen) atoms. The molecule has 0 heterocycles. The Labute approximate surface area is 130 Å². The van der Waals surface area contributed by atoms with Crippen molar-refractivity contribution in [3.05, 3.63) is 65.7 Å². The number of sulfonamides is 1. The zero-order valence-corrected chi connectivity index (χ0v) is 12.9. The van der Waals surface area contributed by atoms with Crippen LogP contribution in [0.2, 0.25) is 0 Å². The first-order valence-corrected chi connectivity index (χ1v) is 8.15. The highest BCUT2D eigenvalue weighted by atomic mass is 32.2. The summed E-state index contributed by atoms with van der Waals surface area (Å²) in [4.78, 5) is 0.0715. The van der Waals surface area contributed by atoms with E-state index in [1.807, 2.05) is 43.3 Å². The van der Waals surface area contributed by atoms with Crippen LogP contribution < -0.4 is 10.6 Å². The summed E-state index contributed by atoms with van der Waals surface area (Å²) in [6.45, 7) is 1.95. The number of anilines is 1. The van der Waals surface area contributed by atoms with E-state index in [2.05, 4.69) is 10.5 Å². The van der Waals surface area contributed by atoms with Gasteiger partial charge in [-0.05, 0) is 42.3 Å². The normalized spacial score (nSPS) is 12.5. The molecule has 2 rings (SSSR count). The molecular formula is C16H17N3O2S. The first-order chi connectivity index (χ1) is 10.4. The Morgan fingerprint density at radius 3 is 2.32 bits per heavy atom. The lowest BCUT2D eigenvalue weighted by Gasteiger charge is -2.02. The number of primary sulfonamides is 1. The summed E-state index contributed by atoms with van der Waals surface area (Å²) in [6, 6.07) is 16.0. The van der Waals surface area contributed by atoms with Gasteiger partial charge in [-0.25, -0.2) is 13.6 Å². The predicted molar refractivity (Wildman–Crippen MR) is 90.0 cm³/mol. The van der Waals surface area contributed by atoms with Crippen molar-refractivity contribution in [2.75, 3.05) is 5.43 Å². The number of allylic oxidation sites excluding steroid dienone is 1. The minimum atomic E-state index is -3.66. The highest BCUT2D eigenvalue weighted by Crippen LogP contribution is 2.12. The third-order valence-electron chi connectivity index (χ3n) is 2.84. The van der Waals surface area contributed by atoms with Crippen molar-refractivity contribution in [3.63, 3.8) is 0 Å². The minimum absolute atomic E-state index is 0.0715. The lowest BCUT2D eigenvalue weighted by Crippen LogP contribution is -2.11. The van der Waals surface area contributed by atoms with Crippen LogP contribution in [0.3, 0.4) is 0 Å². The largest absolute Gasteiger partial charge is 0.279 e. The van der Waals surface area contributed by atoms with Crippen molar-refractivity contribution in [1.82, 2.24) is 0 Å². The molecule has 0 aliphatic heterocycles. The molecule has 0 saturated carbocycles. The molecule has 0 atom stereocenters. The lowest BCUT2D eigenvalue weighted by atomic mass is 10.1. The standard InChI is InChI=1S/C16H17N3O2S/c1-13(11-14-5-3-2-4-6-14)12-18-19-15-7-9-16(10-8-15)22(17,20)21/h2-12,19H,1H3,(H2,17,20,21)/b13-11+,18-12+. The quantitative estimate of drug-likeness (QED) is 0.657. The van der Waals surface area contributed by atoms with Gasteiger partial charge >= 0.3 is 0 Å². The molecule has 0 aliphatic rings.